The van der Waals surface area contributed by atoms with Gasteiger partial charge in [0.1, 0.15) is 54.5 Å². The highest BCUT2D eigenvalue weighted by Gasteiger charge is 2.55. The van der Waals surface area contributed by atoms with Gasteiger partial charge in [-0.3, -0.25) is 33.6 Å². The van der Waals surface area contributed by atoms with E-state index in [9.17, 15) is 38.7 Å². The number of carbonyl (C=O) groups is 7. The Kier molecular flexibility index (Phi) is 17.3. The largest absolute Gasteiger partial charge is 0.488 e. The summed E-state index contributed by atoms with van der Waals surface area (Å²) in [6.45, 7) is 6.68. The van der Waals surface area contributed by atoms with Crippen molar-refractivity contribution in [1.29, 1.82) is 0 Å². The predicted octanol–water partition coefficient (Wildman–Crippen LogP) is 6.06. The number of carbonyl (C=O) groups excluding carboxylic acids is 7. The van der Waals surface area contributed by atoms with Crippen LogP contribution in [0.4, 0.5) is 0 Å². The molecule has 4 aromatic rings. The fourth-order valence-electron chi connectivity index (χ4n) is 9.07. The molecule has 0 aliphatic carbocycles. The van der Waals surface area contributed by atoms with Crippen LogP contribution in [-0.4, -0.2) is 96.7 Å². The summed E-state index contributed by atoms with van der Waals surface area (Å²) in [5.41, 5.74) is 1.64. The summed E-state index contributed by atoms with van der Waals surface area (Å²) >= 11 is 0. The van der Waals surface area contributed by atoms with Crippen molar-refractivity contribution >= 4 is 41.8 Å². The first-order chi connectivity index (χ1) is 34.9. The summed E-state index contributed by atoms with van der Waals surface area (Å²) in [7, 11) is 0. The van der Waals surface area contributed by atoms with E-state index in [-0.39, 0.29) is 59.3 Å². The minimum Gasteiger partial charge on any atom is -0.488 e. The molecule has 10 atom stereocenters. The third-order valence-electron chi connectivity index (χ3n) is 11.7. The molecule has 2 fully saturated rings. The van der Waals surface area contributed by atoms with Crippen molar-refractivity contribution in [2.75, 3.05) is 13.2 Å². The van der Waals surface area contributed by atoms with Gasteiger partial charge >= 0.3 is 41.8 Å². The number of aliphatic hydroxyl groups excluding tert-OH is 1. The van der Waals surface area contributed by atoms with E-state index in [1.807, 2.05) is 6.07 Å². The summed E-state index contributed by atoms with van der Waals surface area (Å²) in [5, 5.41) is 12.8. The number of fused-ring (bicyclic) bond motifs is 1. The van der Waals surface area contributed by atoms with Crippen LogP contribution in [0.2, 0.25) is 0 Å². The fourth-order valence-corrected chi connectivity index (χ4v) is 9.07. The Morgan fingerprint density at radius 1 is 0.493 bits per heavy atom. The van der Waals surface area contributed by atoms with Gasteiger partial charge in [-0.25, -0.2) is 0 Å². The van der Waals surface area contributed by atoms with E-state index in [1.165, 1.54) is 6.92 Å². The van der Waals surface area contributed by atoms with Crippen LogP contribution < -0.4 is 18.9 Å². The molecule has 4 aromatic carbocycles. The van der Waals surface area contributed by atoms with Gasteiger partial charge in [0.05, 0.1) is 36.0 Å². The quantitative estimate of drug-likeness (QED) is 0.0761. The number of hydrogen-bond donors (Lipinski definition) is 1. The number of rotatable bonds is 16. The molecule has 0 bridgehead atoms. The second kappa shape index (κ2) is 23.8. The van der Waals surface area contributed by atoms with Gasteiger partial charge in [0.2, 0.25) is 0 Å². The molecule has 3 aliphatic rings. The minimum absolute atomic E-state index is 0.0200. The Labute approximate surface area is 419 Å². The average molecular weight is 1010 g/mol. The Morgan fingerprint density at radius 3 is 1.33 bits per heavy atom. The lowest BCUT2D eigenvalue weighted by molar-refractivity contribution is -0.228. The van der Waals surface area contributed by atoms with Crippen LogP contribution in [0.25, 0.3) is 0 Å². The van der Waals surface area contributed by atoms with Crippen molar-refractivity contribution in [3.8, 4) is 23.0 Å². The molecule has 2 unspecified atom stereocenters. The van der Waals surface area contributed by atoms with Gasteiger partial charge in [0.25, 0.3) is 0 Å². The highest BCUT2D eigenvalue weighted by atomic mass is 16.7. The molecular formula is C53H56O20. The van der Waals surface area contributed by atoms with E-state index in [2.05, 4.69) is 0 Å². The molecule has 7 rings (SSSR count). The molecule has 0 saturated carbocycles. The number of ether oxygens (including phenoxy) is 12. The van der Waals surface area contributed by atoms with Gasteiger partial charge in [-0.15, -0.1) is 0 Å². The molecule has 20 nitrogen and oxygen atoms in total. The lowest BCUT2D eigenvalue weighted by Crippen LogP contribution is -2.55. The Morgan fingerprint density at radius 2 is 0.904 bits per heavy atom. The predicted molar refractivity (Wildman–Crippen MR) is 249 cm³/mol. The Hall–Kier alpha value is -7.55. The first-order valence-electron chi connectivity index (χ1n) is 23.3. The van der Waals surface area contributed by atoms with Gasteiger partial charge < -0.3 is 61.9 Å². The van der Waals surface area contributed by atoms with Crippen molar-refractivity contribution in [2.24, 2.45) is 0 Å². The van der Waals surface area contributed by atoms with Crippen molar-refractivity contribution in [3.63, 3.8) is 0 Å². The van der Waals surface area contributed by atoms with Crippen molar-refractivity contribution in [3.05, 3.63) is 118 Å². The number of esters is 7. The van der Waals surface area contributed by atoms with Crippen molar-refractivity contribution < 1.29 is 95.5 Å². The third kappa shape index (κ3) is 13.1. The summed E-state index contributed by atoms with van der Waals surface area (Å²) in [4.78, 5) is 89.2. The molecule has 3 heterocycles. The summed E-state index contributed by atoms with van der Waals surface area (Å²) in [6.07, 6.45) is -14.8. The maximum Gasteiger partial charge on any atom is 0.308 e. The zero-order valence-electron chi connectivity index (χ0n) is 41.1. The molecule has 2 saturated heterocycles. The monoisotopic (exact) mass is 1010 g/mol. The number of benzene rings is 4. The number of hydrogen-bond acceptors (Lipinski definition) is 20. The van der Waals surface area contributed by atoms with Gasteiger partial charge in [0.15, 0.2) is 36.6 Å². The first kappa shape index (κ1) is 53.3. The number of aliphatic hydroxyl groups is 1. The van der Waals surface area contributed by atoms with E-state index < -0.39 is 116 Å². The highest BCUT2D eigenvalue weighted by molar-refractivity contribution is 5.72. The molecular weight excluding hydrogens is 957 g/mol. The van der Waals surface area contributed by atoms with E-state index in [4.69, 9.17) is 56.8 Å². The normalized spacial score (nSPS) is 24.2. The molecule has 0 spiro atoms. The smallest absolute Gasteiger partial charge is 0.308 e. The standard InChI is InChI=1S/C53H56O20/c1-27(54)66-37-20-18-36(19-21-37)39-22-38(61)42-47(62-23-34-14-10-8-11-15-34)43(50-52(71-32(6)59)45(69-30(4)57)40(25-64-50)67-28(2)55)48(63-24-35-16-12-9-13-17-35)44(49(42)73-39)51-53(72-33(7)60)46(70-31(5)58)41(26-65-51)68-29(3)56/h8-21,38-41,45-46,50-53,61H,22-26H2,1-7H3/t38?,39?,40-,41-,45+,46+,50+,51+,52-,53-/m1/s1. The summed E-state index contributed by atoms with van der Waals surface area (Å²) < 4.78 is 74.0. The first-order valence-corrected chi connectivity index (χ1v) is 23.3. The lowest BCUT2D eigenvalue weighted by atomic mass is 9.82. The zero-order valence-corrected chi connectivity index (χ0v) is 41.1. The van der Waals surface area contributed by atoms with Crippen LogP contribution in [0, 0.1) is 0 Å². The molecule has 0 amide bonds. The Bertz CT molecular complexity index is 2650. The maximum atomic E-state index is 13.3. The second-order valence-corrected chi connectivity index (χ2v) is 17.4. The molecule has 0 radical (unpaired) electrons. The van der Waals surface area contributed by atoms with Crippen LogP contribution in [0.3, 0.4) is 0 Å². The van der Waals surface area contributed by atoms with Crippen LogP contribution in [-0.2, 0) is 84.7 Å². The van der Waals surface area contributed by atoms with E-state index in [1.54, 1.807) is 78.9 Å². The van der Waals surface area contributed by atoms with Gasteiger partial charge in [-0.2, -0.15) is 0 Å². The fraction of sp³-hybridized carbons (Fsp3) is 0.415. The third-order valence-corrected chi connectivity index (χ3v) is 11.7. The average Bonchev–Trinajstić information content (AvgIpc) is 3.32. The van der Waals surface area contributed by atoms with Gasteiger partial charge in [-0.05, 0) is 28.8 Å². The van der Waals surface area contributed by atoms with E-state index in [0.717, 1.165) is 41.5 Å². The van der Waals surface area contributed by atoms with Crippen LogP contribution in [0.15, 0.2) is 84.9 Å². The van der Waals surface area contributed by atoms with E-state index in [0.29, 0.717) is 16.7 Å². The molecule has 3 aliphatic heterocycles. The van der Waals surface area contributed by atoms with Gasteiger partial charge in [0, 0.05) is 54.9 Å². The van der Waals surface area contributed by atoms with Crippen molar-refractivity contribution in [1.82, 2.24) is 0 Å². The highest BCUT2D eigenvalue weighted by Crippen LogP contribution is 2.59. The second-order valence-electron chi connectivity index (χ2n) is 17.4. The van der Waals surface area contributed by atoms with Crippen LogP contribution in [0.1, 0.15) is 113 Å². The molecule has 73 heavy (non-hydrogen) atoms. The molecule has 1 N–H and O–H groups in total. The van der Waals surface area contributed by atoms with Crippen LogP contribution in [0.5, 0.6) is 23.0 Å². The summed E-state index contributed by atoms with van der Waals surface area (Å²) in [5.74, 6) is -5.66. The summed E-state index contributed by atoms with van der Waals surface area (Å²) in [6, 6.07) is 24.3. The molecule has 0 aromatic heterocycles. The van der Waals surface area contributed by atoms with Crippen molar-refractivity contribution in [2.45, 2.75) is 129 Å². The topological polar surface area (TPSA) is 250 Å². The molecule has 388 valence electrons. The van der Waals surface area contributed by atoms with Crippen LogP contribution >= 0.6 is 0 Å². The minimum atomic E-state index is -1.66. The maximum absolute atomic E-state index is 13.3. The molecule has 20 heteroatoms. The zero-order chi connectivity index (χ0) is 52.5. The Balaban J connectivity index is 1.59. The van der Waals surface area contributed by atoms with Gasteiger partial charge in [-0.1, -0.05) is 72.8 Å². The lowest BCUT2D eigenvalue weighted by Gasteiger charge is -2.45. The van der Waals surface area contributed by atoms with E-state index >= 15 is 0 Å². The SMILES string of the molecule is CC(=O)Oc1ccc(C2CC(O)c3c(OCc4ccccc4)c([C@@H]4OC[C@@H](OC(C)=O)[C@H](OC(C)=O)[C@H]4OC(C)=O)c(OCc4ccccc4)c([C@@H]4OC[C@@H](OC(C)=O)[C@H](OC(C)=O)[C@H]4OC(C)=O)c3O2)cc1.